The molecule has 3 rings (SSSR count). The van der Waals surface area contributed by atoms with Crippen molar-refractivity contribution in [2.75, 3.05) is 33.9 Å². The van der Waals surface area contributed by atoms with Gasteiger partial charge in [0.1, 0.15) is 6.54 Å². The van der Waals surface area contributed by atoms with Gasteiger partial charge in [0.25, 0.3) is 11.1 Å². The van der Waals surface area contributed by atoms with Crippen LogP contribution in [0.25, 0.3) is 6.08 Å². The summed E-state index contributed by atoms with van der Waals surface area (Å²) in [6.45, 7) is 0.289. The Morgan fingerprint density at radius 3 is 2.77 bits per heavy atom. The van der Waals surface area contributed by atoms with Crippen LogP contribution in [0.15, 0.2) is 23.1 Å². The lowest BCUT2D eigenvalue weighted by Gasteiger charge is -2.36. The topological polar surface area (TPSA) is 96.4 Å². The van der Waals surface area contributed by atoms with E-state index < -0.39 is 11.1 Å². The molecule has 1 aromatic rings. The Morgan fingerprint density at radius 2 is 2.07 bits per heavy atom. The van der Waals surface area contributed by atoms with E-state index in [0.717, 1.165) is 35.9 Å². The van der Waals surface area contributed by atoms with Gasteiger partial charge in [0.15, 0.2) is 11.5 Å². The van der Waals surface area contributed by atoms with Crippen molar-refractivity contribution < 1.29 is 29.0 Å². The highest BCUT2D eigenvalue weighted by molar-refractivity contribution is 8.18. The Hall–Kier alpha value is -2.52. The summed E-state index contributed by atoms with van der Waals surface area (Å²) in [5.74, 6) is 0.207. The quantitative estimate of drug-likeness (QED) is 0.659. The Labute approximate surface area is 179 Å². The van der Waals surface area contributed by atoms with Crippen molar-refractivity contribution in [3.8, 4) is 11.5 Å². The Balaban J connectivity index is 1.77. The number of aliphatic hydroxyl groups is 1. The third-order valence-corrected chi connectivity index (χ3v) is 6.20. The van der Waals surface area contributed by atoms with Gasteiger partial charge in [-0.05, 0) is 49.6 Å². The second-order valence-corrected chi connectivity index (χ2v) is 8.09. The number of likely N-dealkylation sites (tertiary alicyclic amines) is 1. The average Bonchev–Trinajstić information content (AvgIpc) is 3.01. The van der Waals surface area contributed by atoms with Crippen LogP contribution in [-0.4, -0.2) is 71.9 Å². The first kappa shape index (κ1) is 22.2. The first-order valence-electron chi connectivity index (χ1n) is 9.86. The number of carbonyl (C=O) groups is 3. The fourth-order valence-corrected chi connectivity index (χ4v) is 4.64. The average molecular weight is 435 g/mol. The summed E-state index contributed by atoms with van der Waals surface area (Å²) in [7, 11) is 3.02. The summed E-state index contributed by atoms with van der Waals surface area (Å²) in [6, 6.07) is 5.21. The van der Waals surface area contributed by atoms with Crippen LogP contribution in [0.4, 0.5) is 4.79 Å². The molecule has 1 N–H and O–H groups in total. The molecular formula is C21H26N2O6S. The minimum Gasteiger partial charge on any atom is -0.493 e. The predicted octanol–water partition coefficient (Wildman–Crippen LogP) is 2.50. The number of benzene rings is 1. The standard InChI is InChI=1S/C21H26N2O6S/c1-28-16-8-5-6-14(19(16)29-2)12-17-20(26)23(21(27)30-17)13-18(25)22-10-4-3-7-15(22)9-11-24/h5-6,8,12,15,24H,3-4,7,9-11,13H2,1-2H3. The highest BCUT2D eigenvalue weighted by Crippen LogP contribution is 2.37. The molecule has 0 spiro atoms. The molecule has 0 bridgehead atoms. The molecule has 1 atom stereocenters. The molecule has 0 aromatic heterocycles. The largest absolute Gasteiger partial charge is 0.493 e. The molecule has 2 saturated heterocycles. The van der Waals surface area contributed by atoms with E-state index in [9.17, 15) is 19.5 Å². The number of ether oxygens (including phenoxy) is 2. The van der Waals surface area contributed by atoms with Crippen molar-refractivity contribution in [3.05, 3.63) is 28.7 Å². The zero-order valence-electron chi connectivity index (χ0n) is 17.1. The van der Waals surface area contributed by atoms with Gasteiger partial charge in [0, 0.05) is 24.8 Å². The number of methoxy groups -OCH3 is 2. The van der Waals surface area contributed by atoms with E-state index in [2.05, 4.69) is 0 Å². The van der Waals surface area contributed by atoms with Gasteiger partial charge in [0.05, 0.1) is 19.1 Å². The molecule has 3 amide bonds. The van der Waals surface area contributed by atoms with E-state index in [0.29, 0.717) is 30.0 Å². The maximum absolute atomic E-state index is 12.8. The van der Waals surface area contributed by atoms with Gasteiger partial charge in [-0.15, -0.1) is 0 Å². The number of piperidine rings is 1. The van der Waals surface area contributed by atoms with Crippen LogP contribution < -0.4 is 9.47 Å². The summed E-state index contributed by atoms with van der Waals surface area (Å²) < 4.78 is 10.6. The van der Waals surface area contributed by atoms with E-state index in [1.54, 1.807) is 29.2 Å². The summed E-state index contributed by atoms with van der Waals surface area (Å²) >= 11 is 0.800. The molecule has 2 aliphatic heterocycles. The third kappa shape index (κ3) is 4.62. The Kier molecular flexibility index (Phi) is 7.38. The van der Waals surface area contributed by atoms with E-state index in [1.807, 2.05) is 0 Å². The van der Waals surface area contributed by atoms with Crippen molar-refractivity contribution in [2.24, 2.45) is 0 Å². The minimum absolute atomic E-state index is 0.00112. The van der Waals surface area contributed by atoms with Gasteiger partial charge in [0.2, 0.25) is 5.91 Å². The van der Waals surface area contributed by atoms with Crippen LogP contribution >= 0.6 is 11.8 Å². The predicted molar refractivity (Wildman–Crippen MR) is 113 cm³/mol. The van der Waals surface area contributed by atoms with Gasteiger partial charge < -0.3 is 19.5 Å². The fourth-order valence-electron chi connectivity index (χ4n) is 3.81. The number of aliphatic hydroxyl groups excluding tert-OH is 1. The number of hydrogen-bond donors (Lipinski definition) is 1. The van der Waals surface area contributed by atoms with Crippen LogP contribution in [-0.2, 0) is 9.59 Å². The molecule has 0 radical (unpaired) electrons. The van der Waals surface area contributed by atoms with Crippen molar-refractivity contribution in [1.29, 1.82) is 0 Å². The van der Waals surface area contributed by atoms with E-state index in [4.69, 9.17) is 9.47 Å². The lowest BCUT2D eigenvalue weighted by molar-refractivity contribution is -0.139. The first-order valence-corrected chi connectivity index (χ1v) is 10.7. The Morgan fingerprint density at radius 1 is 1.27 bits per heavy atom. The van der Waals surface area contributed by atoms with E-state index in [-0.39, 0.29) is 30.0 Å². The van der Waals surface area contributed by atoms with Crippen molar-refractivity contribution in [3.63, 3.8) is 0 Å². The highest BCUT2D eigenvalue weighted by Gasteiger charge is 2.38. The summed E-state index contributed by atoms with van der Waals surface area (Å²) in [5.41, 5.74) is 0.604. The normalized spacial score (nSPS) is 20.8. The molecule has 2 heterocycles. The number of thioether (sulfide) groups is 1. The number of amides is 3. The fraction of sp³-hybridized carbons (Fsp3) is 0.476. The number of imide groups is 1. The number of hydrogen-bond acceptors (Lipinski definition) is 7. The molecule has 1 unspecified atom stereocenters. The summed E-state index contributed by atoms with van der Waals surface area (Å²) in [6.07, 6.45) is 4.78. The lowest BCUT2D eigenvalue weighted by Crippen LogP contribution is -2.49. The van der Waals surface area contributed by atoms with Gasteiger partial charge in [-0.1, -0.05) is 12.1 Å². The van der Waals surface area contributed by atoms with Crippen LogP contribution in [0, 0.1) is 0 Å². The highest BCUT2D eigenvalue weighted by atomic mass is 32.2. The molecule has 162 valence electrons. The number of rotatable bonds is 7. The van der Waals surface area contributed by atoms with Gasteiger partial charge in [-0.2, -0.15) is 0 Å². The number of carbonyl (C=O) groups excluding carboxylic acids is 3. The SMILES string of the molecule is COc1cccc(C=C2SC(=O)N(CC(=O)N3CCCCC3CCO)C2=O)c1OC. The molecule has 9 heteroatoms. The van der Waals surface area contributed by atoms with Gasteiger partial charge in [-0.3, -0.25) is 19.3 Å². The van der Waals surface area contributed by atoms with E-state index in [1.165, 1.54) is 14.2 Å². The second kappa shape index (κ2) is 9.99. The molecule has 0 saturated carbocycles. The van der Waals surface area contributed by atoms with Crippen LogP contribution in [0.5, 0.6) is 11.5 Å². The Bertz CT molecular complexity index is 854. The zero-order valence-corrected chi connectivity index (χ0v) is 17.9. The molecule has 30 heavy (non-hydrogen) atoms. The van der Waals surface area contributed by atoms with Crippen molar-refractivity contribution in [1.82, 2.24) is 9.80 Å². The van der Waals surface area contributed by atoms with Crippen LogP contribution in [0.1, 0.15) is 31.2 Å². The smallest absolute Gasteiger partial charge is 0.294 e. The van der Waals surface area contributed by atoms with Gasteiger partial charge in [-0.25, -0.2) is 0 Å². The van der Waals surface area contributed by atoms with Crippen LogP contribution in [0.2, 0.25) is 0 Å². The molecule has 0 aliphatic carbocycles. The van der Waals surface area contributed by atoms with E-state index >= 15 is 0 Å². The van der Waals surface area contributed by atoms with Crippen molar-refractivity contribution >= 4 is 34.9 Å². The molecule has 2 aliphatic rings. The zero-order chi connectivity index (χ0) is 21.7. The molecular weight excluding hydrogens is 408 g/mol. The third-order valence-electron chi connectivity index (χ3n) is 5.30. The molecule has 2 fully saturated rings. The minimum atomic E-state index is -0.501. The van der Waals surface area contributed by atoms with Gasteiger partial charge >= 0.3 is 0 Å². The van der Waals surface area contributed by atoms with Crippen LogP contribution in [0.3, 0.4) is 0 Å². The lowest BCUT2D eigenvalue weighted by atomic mass is 9.99. The second-order valence-electron chi connectivity index (χ2n) is 7.10. The number of nitrogens with zero attached hydrogens (tertiary/aromatic N) is 2. The molecule has 1 aromatic carbocycles. The van der Waals surface area contributed by atoms with Crippen molar-refractivity contribution in [2.45, 2.75) is 31.7 Å². The monoisotopic (exact) mass is 434 g/mol. The maximum Gasteiger partial charge on any atom is 0.294 e. The molecule has 8 nitrogen and oxygen atoms in total. The summed E-state index contributed by atoms with van der Waals surface area (Å²) in [4.78, 5) is 41.0. The number of para-hydroxylation sites is 1. The maximum atomic E-state index is 12.8. The summed E-state index contributed by atoms with van der Waals surface area (Å²) in [5, 5.41) is 8.78. The first-order chi connectivity index (χ1) is 14.5.